The molecule has 2 atom stereocenters. The third-order valence-electron chi connectivity index (χ3n) is 6.09. The van der Waals surface area contributed by atoms with Crippen LogP contribution in [0.2, 0.25) is 0 Å². The molecular formula is C22H26FN5O2S. The van der Waals surface area contributed by atoms with E-state index in [0.717, 1.165) is 31.2 Å². The van der Waals surface area contributed by atoms with Gasteiger partial charge in [0.1, 0.15) is 12.1 Å². The van der Waals surface area contributed by atoms with Crippen molar-refractivity contribution < 1.29 is 12.8 Å². The largest absolute Gasteiger partial charge is 0.243 e. The van der Waals surface area contributed by atoms with Crippen LogP contribution in [-0.2, 0) is 16.6 Å². The Morgan fingerprint density at radius 3 is 2.61 bits per heavy atom. The van der Waals surface area contributed by atoms with Crippen LogP contribution in [0, 0.1) is 18.7 Å². The van der Waals surface area contributed by atoms with Crippen LogP contribution in [0.3, 0.4) is 0 Å². The predicted octanol–water partition coefficient (Wildman–Crippen LogP) is 3.88. The first kappa shape index (κ1) is 21.6. The molecule has 0 aliphatic heterocycles. The standard InChI is InChI=1S/C22H26FN5O2S/c1-16-7-3-6-10-22(16)28(14-18-8-4-5-9-20(18)23)31(29,30)19-11-12-21(17(2)13-19)27-15-24-25-26-27/h4-5,8-9,11-13,15-16,22H,3,6-7,10,14H2,1-2H3. The lowest BCUT2D eigenvalue weighted by molar-refractivity contribution is 0.184. The second-order valence-electron chi connectivity index (χ2n) is 8.17. The van der Waals surface area contributed by atoms with E-state index in [2.05, 4.69) is 22.4 Å². The Labute approximate surface area is 181 Å². The Morgan fingerprint density at radius 1 is 1.16 bits per heavy atom. The van der Waals surface area contributed by atoms with Crippen LogP contribution in [0.15, 0.2) is 53.7 Å². The highest BCUT2D eigenvalue weighted by atomic mass is 32.2. The number of halogens is 1. The maximum Gasteiger partial charge on any atom is 0.243 e. The zero-order valence-corrected chi connectivity index (χ0v) is 18.5. The molecule has 3 aromatic rings. The molecule has 1 saturated carbocycles. The second-order valence-corrected chi connectivity index (χ2v) is 10.1. The summed E-state index contributed by atoms with van der Waals surface area (Å²) in [6.07, 6.45) is 5.26. The molecule has 0 amide bonds. The van der Waals surface area contributed by atoms with Gasteiger partial charge < -0.3 is 0 Å². The summed E-state index contributed by atoms with van der Waals surface area (Å²) in [5, 5.41) is 11.1. The molecule has 1 fully saturated rings. The van der Waals surface area contributed by atoms with Gasteiger partial charge in [-0.05, 0) is 65.9 Å². The third-order valence-corrected chi connectivity index (χ3v) is 7.96. The maximum absolute atomic E-state index is 14.4. The fourth-order valence-electron chi connectivity index (χ4n) is 4.35. The second kappa shape index (κ2) is 8.84. The van der Waals surface area contributed by atoms with Gasteiger partial charge in [-0.15, -0.1) is 5.10 Å². The first-order chi connectivity index (χ1) is 14.9. The van der Waals surface area contributed by atoms with Crippen molar-refractivity contribution in [2.75, 3.05) is 0 Å². The Morgan fingerprint density at radius 2 is 1.94 bits per heavy atom. The minimum absolute atomic E-state index is 0.0117. The number of aryl methyl sites for hydroxylation is 1. The van der Waals surface area contributed by atoms with E-state index in [1.54, 1.807) is 36.4 Å². The van der Waals surface area contributed by atoms with E-state index < -0.39 is 15.8 Å². The first-order valence-electron chi connectivity index (χ1n) is 10.5. The van der Waals surface area contributed by atoms with Crippen molar-refractivity contribution in [1.82, 2.24) is 24.5 Å². The molecule has 1 aliphatic rings. The molecule has 0 saturated heterocycles. The average Bonchev–Trinajstić information content (AvgIpc) is 3.28. The first-order valence-corrected chi connectivity index (χ1v) is 11.9. The normalized spacial score (nSPS) is 19.6. The Balaban J connectivity index is 1.74. The zero-order chi connectivity index (χ0) is 22.0. The molecule has 0 N–H and O–H groups in total. The topological polar surface area (TPSA) is 81.0 Å². The van der Waals surface area contributed by atoms with Crippen molar-refractivity contribution in [3.63, 3.8) is 0 Å². The highest BCUT2D eigenvalue weighted by molar-refractivity contribution is 7.89. The molecule has 1 heterocycles. The van der Waals surface area contributed by atoms with E-state index in [0.29, 0.717) is 11.3 Å². The van der Waals surface area contributed by atoms with Crippen LogP contribution in [0.5, 0.6) is 0 Å². The fourth-order valence-corrected chi connectivity index (χ4v) is 6.17. The number of rotatable bonds is 6. The molecule has 1 aromatic heterocycles. The molecule has 7 nitrogen and oxygen atoms in total. The summed E-state index contributed by atoms with van der Waals surface area (Å²) < 4.78 is 45.0. The smallest absolute Gasteiger partial charge is 0.207 e. The molecular weight excluding hydrogens is 417 g/mol. The van der Waals surface area contributed by atoms with Gasteiger partial charge in [0.15, 0.2) is 0 Å². The molecule has 0 spiro atoms. The number of benzene rings is 2. The van der Waals surface area contributed by atoms with E-state index in [4.69, 9.17) is 0 Å². The number of nitrogens with zero attached hydrogens (tertiary/aromatic N) is 5. The lowest BCUT2D eigenvalue weighted by atomic mass is 9.86. The van der Waals surface area contributed by atoms with Crippen molar-refractivity contribution in [1.29, 1.82) is 0 Å². The molecule has 0 radical (unpaired) electrons. The molecule has 9 heteroatoms. The minimum Gasteiger partial charge on any atom is -0.207 e. The van der Waals surface area contributed by atoms with Crippen LogP contribution < -0.4 is 0 Å². The Bertz CT molecular complexity index is 1150. The van der Waals surface area contributed by atoms with Crippen molar-refractivity contribution in [2.45, 2.75) is 57.0 Å². The quantitative estimate of drug-likeness (QED) is 0.578. The number of hydrogen-bond donors (Lipinski definition) is 0. The summed E-state index contributed by atoms with van der Waals surface area (Å²) in [7, 11) is -3.85. The van der Waals surface area contributed by atoms with Gasteiger partial charge in [-0.1, -0.05) is 38.0 Å². The summed E-state index contributed by atoms with van der Waals surface area (Å²) in [4.78, 5) is 0.191. The molecule has 2 unspecified atom stereocenters. The average molecular weight is 444 g/mol. The van der Waals surface area contributed by atoms with E-state index >= 15 is 0 Å². The van der Waals surface area contributed by atoms with Gasteiger partial charge in [-0.3, -0.25) is 0 Å². The van der Waals surface area contributed by atoms with Gasteiger partial charge >= 0.3 is 0 Å². The highest BCUT2D eigenvalue weighted by Crippen LogP contribution is 2.34. The summed E-state index contributed by atoms with van der Waals surface area (Å²) >= 11 is 0. The van der Waals surface area contributed by atoms with Gasteiger partial charge in [-0.2, -0.15) is 4.31 Å². The summed E-state index contributed by atoms with van der Waals surface area (Å²) in [6, 6.07) is 11.1. The SMILES string of the molecule is Cc1cc(S(=O)(=O)N(Cc2ccccc2F)C2CCCCC2C)ccc1-n1cnnn1. The van der Waals surface area contributed by atoms with E-state index in [1.165, 1.54) is 21.4 Å². The van der Waals surface area contributed by atoms with Crippen LogP contribution in [0.1, 0.15) is 43.7 Å². The van der Waals surface area contributed by atoms with Crippen molar-refractivity contribution in [3.8, 4) is 5.69 Å². The van der Waals surface area contributed by atoms with Gasteiger partial charge in [0, 0.05) is 18.2 Å². The fraction of sp³-hybridized carbons (Fsp3) is 0.409. The van der Waals surface area contributed by atoms with Crippen molar-refractivity contribution in [3.05, 3.63) is 65.7 Å². The van der Waals surface area contributed by atoms with Crippen molar-refractivity contribution in [2.24, 2.45) is 5.92 Å². The van der Waals surface area contributed by atoms with Crippen LogP contribution >= 0.6 is 0 Å². The highest BCUT2D eigenvalue weighted by Gasteiger charge is 2.36. The van der Waals surface area contributed by atoms with Crippen LogP contribution in [0.25, 0.3) is 5.69 Å². The minimum atomic E-state index is -3.85. The lowest BCUT2D eigenvalue weighted by Crippen LogP contribution is -2.44. The molecule has 2 aromatic carbocycles. The number of aromatic nitrogens is 4. The lowest BCUT2D eigenvalue weighted by Gasteiger charge is -2.38. The molecule has 164 valence electrons. The number of tetrazole rings is 1. The zero-order valence-electron chi connectivity index (χ0n) is 17.6. The van der Waals surface area contributed by atoms with Gasteiger partial charge in [0.25, 0.3) is 0 Å². The van der Waals surface area contributed by atoms with Crippen LogP contribution in [0.4, 0.5) is 4.39 Å². The summed E-state index contributed by atoms with van der Waals surface area (Å²) in [5.41, 5.74) is 1.82. The Hall–Kier alpha value is -2.65. The number of sulfonamides is 1. The van der Waals surface area contributed by atoms with Crippen LogP contribution in [-0.4, -0.2) is 39.0 Å². The molecule has 4 rings (SSSR count). The van der Waals surface area contributed by atoms with E-state index in [9.17, 15) is 12.8 Å². The van der Waals surface area contributed by atoms with E-state index in [1.807, 2.05) is 6.92 Å². The molecule has 31 heavy (non-hydrogen) atoms. The van der Waals surface area contributed by atoms with Gasteiger partial charge in [0.2, 0.25) is 10.0 Å². The summed E-state index contributed by atoms with van der Waals surface area (Å²) in [5.74, 6) is -0.187. The molecule has 0 bridgehead atoms. The summed E-state index contributed by atoms with van der Waals surface area (Å²) in [6.45, 7) is 3.91. The third kappa shape index (κ3) is 4.38. The van der Waals surface area contributed by atoms with Gasteiger partial charge in [-0.25, -0.2) is 17.5 Å². The van der Waals surface area contributed by atoms with E-state index in [-0.39, 0.29) is 23.4 Å². The molecule has 1 aliphatic carbocycles. The predicted molar refractivity (Wildman–Crippen MR) is 114 cm³/mol. The maximum atomic E-state index is 14.4. The number of hydrogen-bond acceptors (Lipinski definition) is 5. The Kier molecular flexibility index (Phi) is 6.15. The van der Waals surface area contributed by atoms with Crippen molar-refractivity contribution >= 4 is 10.0 Å². The monoisotopic (exact) mass is 443 g/mol. The van der Waals surface area contributed by atoms with Gasteiger partial charge in [0.05, 0.1) is 10.6 Å².